The monoisotopic (exact) mass is 398 g/mol. The van der Waals surface area contributed by atoms with Crippen molar-refractivity contribution in [3.05, 3.63) is 24.0 Å². The quantitative estimate of drug-likeness (QED) is 0.697. The molecule has 1 heterocycles. The first-order valence-corrected chi connectivity index (χ1v) is 9.98. The number of hydrogen-bond donors (Lipinski definition) is 2. The van der Waals surface area contributed by atoms with Crippen molar-refractivity contribution in [2.75, 3.05) is 0 Å². The van der Waals surface area contributed by atoms with Crippen LogP contribution in [0, 0.1) is 11.8 Å². The molecule has 6 nitrogen and oxygen atoms in total. The normalized spacial score (nSPS) is 23.5. The van der Waals surface area contributed by atoms with Crippen LogP contribution in [-0.2, 0) is 15.5 Å². The van der Waals surface area contributed by atoms with Crippen LogP contribution in [0.5, 0.6) is 5.75 Å². The molecule has 1 aliphatic rings. The van der Waals surface area contributed by atoms with E-state index in [9.17, 15) is 9.90 Å². The van der Waals surface area contributed by atoms with Gasteiger partial charge >= 0.3 is 5.97 Å². The molecule has 1 aliphatic carbocycles. The molecule has 1 fully saturated rings. The largest absolute Gasteiger partial charge is 0.490 e. The smallest absolute Gasteiger partial charge is 0.358 e. The van der Waals surface area contributed by atoms with Crippen molar-refractivity contribution in [2.24, 2.45) is 17.6 Å². The summed E-state index contributed by atoms with van der Waals surface area (Å²) in [4.78, 5) is 16.4. The number of hydrogen-bond acceptors (Lipinski definition) is 6. The lowest BCUT2D eigenvalue weighted by Gasteiger charge is -2.31. The molecular weight excluding hydrogens is 368 g/mol. The van der Waals surface area contributed by atoms with Crippen LogP contribution in [0.2, 0.25) is 0 Å². The van der Waals surface area contributed by atoms with Gasteiger partial charge in [0.15, 0.2) is 5.60 Å². The van der Waals surface area contributed by atoms with E-state index in [1.807, 2.05) is 13.8 Å². The van der Waals surface area contributed by atoms with Gasteiger partial charge in [-0.05, 0) is 50.0 Å². The van der Waals surface area contributed by atoms with Crippen molar-refractivity contribution < 1.29 is 18.9 Å². The molecule has 1 saturated carbocycles. The third-order valence-electron chi connectivity index (χ3n) is 5.27. The number of nitrogens with two attached hydrogens (primary N) is 1. The number of carbonyl (C=O) groups excluding carboxylic acids is 1. The molecule has 152 valence electrons. The maximum absolute atomic E-state index is 12.2. The molecule has 2 atom stereocenters. The number of halogens is 1. The summed E-state index contributed by atoms with van der Waals surface area (Å²) in [6.07, 6.45) is 6.52. The second kappa shape index (κ2) is 9.71. The van der Waals surface area contributed by atoms with Crippen LogP contribution >= 0.6 is 11.9 Å². The number of aliphatic hydroxyl groups is 1. The molecule has 0 bridgehead atoms. The van der Waals surface area contributed by atoms with Gasteiger partial charge in [0.25, 0.3) is 0 Å². The molecule has 0 aliphatic heterocycles. The predicted molar refractivity (Wildman–Crippen MR) is 104 cm³/mol. The Balaban J connectivity index is 2.12. The van der Waals surface area contributed by atoms with Gasteiger partial charge < -0.3 is 19.9 Å². The van der Waals surface area contributed by atoms with Crippen LogP contribution in [0.1, 0.15) is 58.6 Å². The molecule has 0 amide bonds. The zero-order valence-corrected chi connectivity index (χ0v) is 17.1. The summed E-state index contributed by atoms with van der Waals surface area (Å²) in [7, 11) is 0. The fourth-order valence-electron chi connectivity index (χ4n) is 3.57. The van der Waals surface area contributed by atoms with Crippen molar-refractivity contribution in [3.8, 4) is 5.75 Å². The molecule has 1 aromatic rings. The third kappa shape index (κ3) is 6.06. The van der Waals surface area contributed by atoms with E-state index >= 15 is 0 Å². The Hall–Kier alpha value is -1.37. The lowest BCUT2D eigenvalue weighted by Crippen LogP contribution is -2.56. The summed E-state index contributed by atoms with van der Waals surface area (Å²) in [6.45, 7) is 6.19. The minimum atomic E-state index is -1.95. The molecule has 1 aromatic heterocycles. The van der Waals surface area contributed by atoms with E-state index in [0.29, 0.717) is 17.9 Å². The van der Waals surface area contributed by atoms with Crippen LogP contribution < -0.4 is 10.5 Å². The second-order valence-corrected chi connectivity index (χ2v) is 8.34. The van der Waals surface area contributed by atoms with Gasteiger partial charge in [0.1, 0.15) is 17.6 Å². The summed E-state index contributed by atoms with van der Waals surface area (Å²) >= 11 is 5.24. The summed E-state index contributed by atoms with van der Waals surface area (Å²) in [6, 6.07) is 2.70. The van der Waals surface area contributed by atoms with Gasteiger partial charge in [-0.1, -0.05) is 20.8 Å². The Morgan fingerprint density at radius 3 is 2.67 bits per heavy atom. The third-order valence-corrected chi connectivity index (χ3v) is 5.41. The Kier molecular flexibility index (Phi) is 7.89. The molecule has 7 heteroatoms. The summed E-state index contributed by atoms with van der Waals surface area (Å²) in [5.74, 6) is 0.660. The van der Waals surface area contributed by atoms with Crippen molar-refractivity contribution >= 4 is 17.8 Å². The first kappa shape index (κ1) is 21.9. The molecule has 0 aromatic carbocycles. The lowest BCUT2D eigenvalue weighted by molar-refractivity contribution is -0.157. The zero-order valence-electron chi connectivity index (χ0n) is 16.4. The Bertz CT molecular complexity index is 620. The molecular formula is C20H31ClN2O4. The van der Waals surface area contributed by atoms with Crippen LogP contribution in [0.4, 0.5) is 0 Å². The van der Waals surface area contributed by atoms with Gasteiger partial charge in [-0.3, -0.25) is 4.98 Å². The first-order chi connectivity index (χ1) is 12.7. The topological polar surface area (TPSA) is 94.7 Å². The number of ether oxygens (including phenoxy) is 1. The molecule has 3 N–H and O–H groups in total. The van der Waals surface area contributed by atoms with Gasteiger partial charge in [-0.2, -0.15) is 0 Å². The van der Waals surface area contributed by atoms with E-state index in [1.165, 1.54) is 0 Å². The van der Waals surface area contributed by atoms with Crippen LogP contribution in [0.25, 0.3) is 0 Å². The zero-order chi connectivity index (χ0) is 20.0. The molecule has 27 heavy (non-hydrogen) atoms. The second-order valence-electron chi connectivity index (χ2n) is 8.18. The van der Waals surface area contributed by atoms with Crippen molar-refractivity contribution in [1.82, 2.24) is 4.98 Å². The molecule has 0 spiro atoms. The van der Waals surface area contributed by atoms with Gasteiger partial charge in [0, 0.05) is 30.4 Å². The van der Waals surface area contributed by atoms with E-state index < -0.39 is 17.6 Å². The fraction of sp³-hybridized carbons (Fsp3) is 0.700. The van der Waals surface area contributed by atoms with Gasteiger partial charge in [0.2, 0.25) is 0 Å². The summed E-state index contributed by atoms with van der Waals surface area (Å²) in [5, 5.41) is 10.9. The number of carbonyl (C=O) groups is 1. The lowest BCUT2D eigenvalue weighted by atomic mass is 9.84. The maximum atomic E-state index is 12.2. The van der Waals surface area contributed by atoms with E-state index in [2.05, 4.69) is 16.2 Å². The van der Waals surface area contributed by atoms with Crippen LogP contribution in [0.15, 0.2) is 18.3 Å². The Morgan fingerprint density at radius 1 is 1.41 bits per heavy atom. The van der Waals surface area contributed by atoms with Crippen molar-refractivity contribution in [3.63, 3.8) is 0 Å². The number of rotatable bonds is 8. The van der Waals surface area contributed by atoms with Gasteiger partial charge in [-0.15, -0.1) is 0 Å². The SMILES string of the molecule is CC(C)C[C@@H](N)[C@@](O)(Cc1cc(OC2CCC(C)CC2)ccn1)C(=O)OCl. The van der Waals surface area contributed by atoms with E-state index in [1.54, 1.807) is 18.3 Å². The summed E-state index contributed by atoms with van der Waals surface area (Å²) in [5.41, 5.74) is 4.66. The van der Waals surface area contributed by atoms with Crippen LogP contribution in [-0.4, -0.2) is 33.8 Å². The van der Waals surface area contributed by atoms with E-state index in [0.717, 1.165) is 31.6 Å². The standard InChI is InChI=1S/C20H31ClN2O4/c1-13(2)10-18(22)20(25,19(24)27-21)12-15-11-17(8-9-23-15)26-16-6-4-14(3)5-7-16/h8-9,11,13-14,16,18,25H,4-7,10,12,22H2,1-3H3/t14?,16?,18-,20+/m1/s1. The Labute approximate surface area is 166 Å². The fourth-order valence-corrected chi connectivity index (χ4v) is 3.70. The highest BCUT2D eigenvalue weighted by atomic mass is 35.5. The number of aromatic nitrogens is 1. The molecule has 0 unspecified atom stereocenters. The van der Waals surface area contributed by atoms with Gasteiger partial charge in [0.05, 0.1) is 6.10 Å². The molecule has 0 saturated heterocycles. The highest BCUT2D eigenvalue weighted by molar-refractivity contribution is 6.14. The Morgan fingerprint density at radius 2 is 2.07 bits per heavy atom. The average Bonchev–Trinajstić information content (AvgIpc) is 2.62. The number of pyridine rings is 1. The first-order valence-electron chi connectivity index (χ1n) is 9.67. The van der Waals surface area contributed by atoms with Gasteiger partial charge in [-0.25, -0.2) is 4.79 Å². The van der Waals surface area contributed by atoms with E-state index in [-0.39, 0.29) is 18.4 Å². The molecule has 0 radical (unpaired) electrons. The number of nitrogens with zero attached hydrogens (tertiary/aromatic N) is 1. The van der Waals surface area contributed by atoms with E-state index in [4.69, 9.17) is 22.3 Å². The predicted octanol–water partition coefficient (Wildman–Crippen LogP) is 3.38. The highest BCUT2D eigenvalue weighted by Gasteiger charge is 2.44. The highest BCUT2D eigenvalue weighted by Crippen LogP contribution is 2.28. The molecule has 2 rings (SSSR count). The van der Waals surface area contributed by atoms with Crippen LogP contribution in [0.3, 0.4) is 0 Å². The minimum absolute atomic E-state index is 0.0919. The average molecular weight is 399 g/mol. The minimum Gasteiger partial charge on any atom is -0.490 e. The van der Waals surface area contributed by atoms with Crippen molar-refractivity contribution in [1.29, 1.82) is 0 Å². The van der Waals surface area contributed by atoms with Crippen molar-refractivity contribution in [2.45, 2.75) is 77.0 Å². The summed E-state index contributed by atoms with van der Waals surface area (Å²) < 4.78 is 10.4. The maximum Gasteiger partial charge on any atom is 0.358 e.